The third-order valence-electron chi connectivity index (χ3n) is 3.75. The van der Waals surface area contributed by atoms with Crippen molar-refractivity contribution in [1.82, 2.24) is 14.4 Å². The Kier molecular flexibility index (Phi) is 4.18. The van der Waals surface area contributed by atoms with Gasteiger partial charge in [-0.25, -0.2) is 8.42 Å². The number of hydrogen-bond acceptors (Lipinski definition) is 5. The van der Waals surface area contributed by atoms with Gasteiger partial charge >= 0.3 is 0 Å². The Morgan fingerprint density at radius 2 is 1.78 bits per heavy atom. The Hall–Kier alpha value is -2.19. The van der Waals surface area contributed by atoms with Crippen LogP contribution < -0.4 is 0 Å². The standard InChI is InChI=1S/C15H17N3O4S/c1-12-11-14(22-16-12)15(19)17-7-9-18(10-8-17)23(20,21)13-5-3-2-4-6-13/h2-6,11H,7-10H2,1H3. The van der Waals surface area contributed by atoms with Crippen molar-refractivity contribution in [3.05, 3.63) is 47.9 Å². The maximum absolute atomic E-state index is 12.5. The van der Waals surface area contributed by atoms with E-state index in [0.29, 0.717) is 18.8 Å². The molecule has 1 aliphatic heterocycles. The molecule has 0 saturated carbocycles. The number of aromatic nitrogens is 1. The second-order valence-electron chi connectivity index (χ2n) is 5.34. The van der Waals surface area contributed by atoms with E-state index in [0.717, 1.165) is 0 Å². The van der Waals surface area contributed by atoms with Crippen molar-refractivity contribution in [3.63, 3.8) is 0 Å². The van der Waals surface area contributed by atoms with Gasteiger partial charge in [0.25, 0.3) is 5.91 Å². The maximum atomic E-state index is 12.5. The first-order valence-corrected chi connectivity index (χ1v) is 8.70. The highest BCUT2D eigenvalue weighted by molar-refractivity contribution is 7.89. The first-order valence-electron chi connectivity index (χ1n) is 7.26. The topological polar surface area (TPSA) is 83.7 Å². The summed E-state index contributed by atoms with van der Waals surface area (Å²) < 4.78 is 31.4. The van der Waals surface area contributed by atoms with Crippen molar-refractivity contribution >= 4 is 15.9 Å². The van der Waals surface area contributed by atoms with E-state index >= 15 is 0 Å². The van der Waals surface area contributed by atoms with Gasteiger partial charge in [-0.2, -0.15) is 4.31 Å². The molecular weight excluding hydrogens is 318 g/mol. The lowest BCUT2D eigenvalue weighted by Crippen LogP contribution is -2.50. The van der Waals surface area contributed by atoms with Crippen LogP contribution in [0.3, 0.4) is 0 Å². The molecule has 0 spiro atoms. The van der Waals surface area contributed by atoms with Crippen LogP contribution in [0.25, 0.3) is 0 Å². The largest absolute Gasteiger partial charge is 0.351 e. The summed E-state index contributed by atoms with van der Waals surface area (Å²) in [4.78, 5) is 14.1. The van der Waals surface area contributed by atoms with Crippen molar-refractivity contribution in [2.45, 2.75) is 11.8 Å². The number of piperazine rings is 1. The average Bonchev–Trinajstić information content (AvgIpc) is 3.01. The molecule has 1 amide bonds. The van der Waals surface area contributed by atoms with Gasteiger partial charge in [-0.15, -0.1) is 0 Å². The Balaban J connectivity index is 1.68. The number of amides is 1. The zero-order valence-corrected chi connectivity index (χ0v) is 13.5. The number of carbonyl (C=O) groups is 1. The number of nitrogens with zero attached hydrogens (tertiary/aromatic N) is 3. The zero-order chi connectivity index (χ0) is 16.4. The summed E-state index contributed by atoms with van der Waals surface area (Å²) in [6, 6.07) is 9.89. The highest BCUT2D eigenvalue weighted by Crippen LogP contribution is 2.18. The van der Waals surface area contributed by atoms with Crippen LogP contribution in [0.4, 0.5) is 0 Å². The number of benzene rings is 1. The van der Waals surface area contributed by atoms with Gasteiger partial charge in [0, 0.05) is 32.2 Å². The number of rotatable bonds is 3. The molecular formula is C15H17N3O4S. The molecule has 1 aliphatic rings. The van der Waals surface area contributed by atoms with E-state index in [1.807, 2.05) is 0 Å². The Morgan fingerprint density at radius 3 is 2.35 bits per heavy atom. The van der Waals surface area contributed by atoms with Crippen LogP contribution in [0.2, 0.25) is 0 Å². The summed E-state index contributed by atoms with van der Waals surface area (Å²) in [5.41, 5.74) is 0.638. The quantitative estimate of drug-likeness (QED) is 0.839. The van der Waals surface area contributed by atoms with Crippen molar-refractivity contribution in [2.24, 2.45) is 0 Å². The van der Waals surface area contributed by atoms with Gasteiger partial charge in [0.1, 0.15) is 0 Å². The third-order valence-corrected chi connectivity index (χ3v) is 5.66. The summed E-state index contributed by atoms with van der Waals surface area (Å²) in [6.07, 6.45) is 0. The average molecular weight is 335 g/mol. The molecule has 3 rings (SSSR count). The maximum Gasteiger partial charge on any atom is 0.292 e. The zero-order valence-electron chi connectivity index (χ0n) is 12.7. The SMILES string of the molecule is Cc1cc(C(=O)N2CCN(S(=O)(=O)c3ccccc3)CC2)on1. The molecule has 2 aromatic rings. The van der Waals surface area contributed by atoms with Crippen LogP contribution in [0.5, 0.6) is 0 Å². The summed E-state index contributed by atoms with van der Waals surface area (Å²) in [5.74, 6) is -0.0794. The summed E-state index contributed by atoms with van der Waals surface area (Å²) >= 11 is 0. The van der Waals surface area contributed by atoms with Gasteiger partial charge in [-0.3, -0.25) is 4.79 Å². The Labute approximate surface area is 134 Å². The second kappa shape index (κ2) is 6.13. The third kappa shape index (κ3) is 3.13. The molecule has 1 aromatic heterocycles. The summed E-state index contributed by atoms with van der Waals surface area (Å²) in [5, 5.41) is 3.70. The normalized spacial score (nSPS) is 16.5. The summed E-state index contributed by atoms with van der Waals surface area (Å²) in [6.45, 7) is 2.91. The minimum Gasteiger partial charge on any atom is -0.351 e. The van der Waals surface area contributed by atoms with Crippen LogP contribution >= 0.6 is 0 Å². The van der Waals surface area contributed by atoms with E-state index in [1.165, 1.54) is 4.31 Å². The van der Waals surface area contributed by atoms with Crippen LogP contribution in [0.1, 0.15) is 16.2 Å². The van der Waals surface area contributed by atoms with E-state index < -0.39 is 10.0 Å². The van der Waals surface area contributed by atoms with Crippen molar-refractivity contribution in [1.29, 1.82) is 0 Å². The lowest BCUT2D eigenvalue weighted by atomic mass is 10.3. The first-order chi connectivity index (χ1) is 11.0. The second-order valence-corrected chi connectivity index (χ2v) is 7.28. The minimum atomic E-state index is -3.51. The molecule has 1 aromatic carbocycles. The predicted molar refractivity (Wildman–Crippen MR) is 82.3 cm³/mol. The number of hydrogen-bond donors (Lipinski definition) is 0. The Bertz CT molecular complexity index is 793. The molecule has 0 aliphatic carbocycles. The van der Waals surface area contributed by atoms with Gasteiger partial charge in [0.2, 0.25) is 15.8 Å². The Morgan fingerprint density at radius 1 is 1.13 bits per heavy atom. The highest BCUT2D eigenvalue weighted by atomic mass is 32.2. The fourth-order valence-electron chi connectivity index (χ4n) is 2.49. The molecule has 0 bridgehead atoms. The predicted octanol–water partition coefficient (Wildman–Crippen LogP) is 1.13. The molecule has 2 heterocycles. The number of carbonyl (C=O) groups excluding carboxylic acids is 1. The van der Waals surface area contributed by atoms with E-state index in [2.05, 4.69) is 5.16 Å². The molecule has 0 unspecified atom stereocenters. The summed E-state index contributed by atoms with van der Waals surface area (Å²) in [7, 11) is -3.51. The number of sulfonamides is 1. The molecule has 122 valence electrons. The van der Waals surface area contributed by atoms with Crippen LogP contribution in [-0.4, -0.2) is 54.9 Å². The van der Waals surface area contributed by atoms with Crippen molar-refractivity contribution < 1.29 is 17.7 Å². The molecule has 0 atom stereocenters. The lowest BCUT2D eigenvalue weighted by Gasteiger charge is -2.33. The van der Waals surface area contributed by atoms with Crippen molar-refractivity contribution in [2.75, 3.05) is 26.2 Å². The van der Waals surface area contributed by atoms with E-state index in [-0.39, 0.29) is 29.7 Å². The molecule has 0 radical (unpaired) electrons. The first kappa shape index (κ1) is 15.7. The molecule has 1 fully saturated rings. The lowest BCUT2D eigenvalue weighted by molar-refractivity contribution is 0.0656. The smallest absolute Gasteiger partial charge is 0.292 e. The minimum absolute atomic E-state index is 0.182. The molecule has 0 N–H and O–H groups in total. The van der Waals surface area contributed by atoms with Gasteiger partial charge in [0.15, 0.2) is 0 Å². The van der Waals surface area contributed by atoms with Gasteiger partial charge < -0.3 is 9.42 Å². The highest BCUT2D eigenvalue weighted by Gasteiger charge is 2.31. The van der Waals surface area contributed by atoms with E-state index in [1.54, 1.807) is 48.2 Å². The van der Waals surface area contributed by atoms with E-state index in [9.17, 15) is 13.2 Å². The molecule has 1 saturated heterocycles. The molecule has 7 nitrogen and oxygen atoms in total. The molecule has 8 heteroatoms. The van der Waals surface area contributed by atoms with Crippen LogP contribution in [-0.2, 0) is 10.0 Å². The van der Waals surface area contributed by atoms with Crippen LogP contribution in [0.15, 0.2) is 45.8 Å². The fraction of sp³-hybridized carbons (Fsp3) is 0.333. The monoisotopic (exact) mass is 335 g/mol. The van der Waals surface area contributed by atoms with Gasteiger partial charge in [0.05, 0.1) is 10.6 Å². The van der Waals surface area contributed by atoms with Gasteiger partial charge in [-0.05, 0) is 19.1 Å². The number of aryl methyl sites for hydroxylation is 1. The van der Waals surface area contributed by atoms with Crippen LogP contribution in [0, 0.1) is 6.92 Å². The van der Waals surface area contributed by atoms with E-state index in [4.69, 9.17) is 4.52 Å². The van der Waals surface area contributed by atoms with Crippen molar-refractivity contribution in [3.8, 4) is 0 Å². The fourth-order valence-corrected chi connectivity index (χ4v) is 3.94. The molecule has 23 heavy (non-hydrogen) atoms. The van der Waals surface area contributed by atoms with Gasteiger partial charge in [-0.1, -0.05) is 23.4 Å².